The molecule has 1 saturated carbocycles. The summed E-state index contributed by atoms with van der Waals surface area (Å²) in [5.74, 6) is -0.720. The summed E-state index contributed by atoms with van der Waals surface area (Å²) in [6.07, 6.45) is -4.74. The van der Waals surface area contributed by atoms with Crippen LogP contribution in [0.5, 0.6) is 5.75 Å². The number of halogens is 5. The van der Waals surface area contributed by atoms with Gasteiger partial charge in [0.2, 0.25) is 5.24 Å². The molecule has 0 N–H and O–H groups in total. The second-order valence-electron chi connectivity index (χ2n) is 5.32. The number of hydrogen-bond acceptors (Lipinski definition) is 2. The van der Waals surface area contributed by atoms with E-state index >= 15 is 0 Å². The van der Waals surface area contributed by atoms with Crippen LogP contribution in [0.3, 0.4) is 0 Å². The summed E-state index contributed by atoms with van der Waals surface area (Å²) < 4.78 is 40.6. The van der Waals surface area contributed by atoms with E-state index in [1.54, 1.807) is 0 Å². The molecule has 0 radical (unpaired) electrons. The van der Waals surface area contributed by atoms with Gasteiger partial charge in [-0.1, -0.05) is 19.9 Å². The lowest BCUT2D eigenvalue weighted by Crippen LogP contribution is -2.17. The Morgan fingerprint density at radius 1 is 1.40 bits per heavy atom. The minimum atomic E-state index is -4.74. The average molecular weight is 372 g/mol. The molecule has 0 spiro atoms. The zero-order chi connectivity index (χ0) is 15.3. The van der Waals surface area contributed by atoms with Crippen LogP contribution in [0.25, 0.3) is 0 Å². The van der Waals surface area contributed by atoms with E-state index in [1.165, 1.54) is 18.2 Å². The second-order valence-corrected chi connectivity index (χ2v) is 6.55. The van der Waals surface area contributed by atoms with Crippen molar-refractivity contribution in [2.24, 2.45) is 11.3 Å². The Bertz CT molecular complexity index is 557. The molecule has 1 aliphatic rings. The van der Waals surface area contributed by atoms with Crippen LogP contribution in [-0.4, -0.2) is 11.6 Å². The van der Waals surface area contributed by atoms with Crippen molar-refractivity contribution in [3.63, 3.8) is 0 Å². The zero-order valence-corrected chi connectivity index (χ0v) is 12.9. The fraction of sp³-hybridized carbons (Fsp3) is 0.462. The molecule has 20 heavy (non-hydrogen) atoms. The Kier molecular flexibility index (Phi) is 3.84. The molecule has 0 aromatic heterocycles. The van der Waals surface area contributed by atoms with E-state index in [9.17, 15) is 18.0 Å². The van der Waals surface area contributed by atoms with Gasteiger partial charge in [-0.05, 0) is 50.6 Å². The number of hydrogen-bond donors (Lipinski definition) is 0. The third-order valence-corrected chi connectivity index (χ3v) is 4.47. The van der Waals surface area contributed by atoms with Gasteiger partial charge >= 0.3 is 6.36 Å². The maximum absolute atomic E-state index is 12.2. The van der Waals surface area contributed by atoms with Gasteiger partial charge in [-0.15, -0.1) is 13.2 Å². The van der Waals surface area contributed by atoms with Gasteiger partial charge < -0.3 is 4.74 Å². The first-order chi connectivity index (χ1) is 9.04. The first-order valence-electron chi connectivity index (χ1n) is 5.78. The summed E-state index contributed by atoms with van der Waals surface area (Å²) in [4.78, 5) is 11.3. The highest BCUT2D eigenvalue weighted by molar-refractivity contribution is 9.10. The predicted molar refractivity (Wildman–Crippen MR) is 71.7 cm³/mol. The summed E-state index contributed by atoms with van der Waals surface area (Å²) in [6.45, 7) is 3.80. The third-order valence-electron chi connectivity index (χ3n) is 3.61. The summed E-state index contributed by atoms with van der Waals surface area (Å²) in [6, 6.07) is 4.29. The molecule has 1 aromatic rings. The van der Waals surface area contributed by atoms with E-state index in [0.29, 0.717) is 0 Å². The molecular formula is C13H11BrClF3O2. The highest BCUT2D eigenvalue weighted by Gasteiger charge is 2.61. The van der Waals surface area contributed by atoms with Gasteiger partial charge in [0.25, 0.3) is 0 Å². The van der Waals surface area contributed by atoms with Crippen molar-refractivity contribution in [1.29, 1.82) is 0 Å². The van der Waals surface area contributed by atoms with Crippen LogP contribution in [0.2, 0.25) is 0 Å². The molecule has 7 heteroatoms. The molecule has 0 aliphatic heterocycles. The minimum absolute atomic E-state index is 0.0938. The van der Waals surface area contributed by atoms with E-state index in [0.717, 1.165) is 5.56 Å². The van der Waals surface area contributed by atoms with Crippen LogP contribution in [-0.2, 0) is 4.79 Å². The highest BCUT2D eigenvalue weighted by atomic mass is 79.9. The molecule has 0 bridgehead atoms. The lowest BCUT2D eigenvalue weighted by Gasteiger charge is -2.12. The van der Waals surface area contributed by atoms with E-state index in [4.69, 9.17) is 11.6 Å². The number of ether oxygens (including phenoxy) is 1. The minimum Gasteiger partial charge on any atom is -0.405 e. The lowest BCUT2D eigenvalue weighted by atomic mass is 10.0. The van der Waals surface area contributed by atoms with Gasteiger partial charge in [-0.2, -0.15) is 0 Å². The molecule has 0 amide bonds. The van der Waals surface area contributed by atoms with Gasteiger partial charge in [-0.3, -0.25) is 4.79 Å². The fourth-order valence-corrected chi connectivity index (χ4v) is 3.49. The molecule has 2 nitrogen and oxygen atoms in total. The van der Waals surface area contributed by atoms with Gasteiger partial charge in [0.1, 0.15) is 5.75 Å². The van der Waals surface area contributed by atoms with Crippen LogP contribution in [0.1, 0.15) is 25.3 Å². The fourth-order valence-electron chi connectivity index (χ4n) is 2.60. The van der Waals surface area contributed by atoms with E-state index in [2.05, 4.69) is 20.7 Å². The average Bonchev–Trinajstić information content (AvgIpc) is 2.83. The van der Waals surface area contributed by atoms with Crippen molar-refractivity contribution in [3.8, 4) is 5.75 Å². The first-order valence-corrected chi connectivity index (χ1v) is 6.95. The Morgan fingerprint density at radius 3 is 2.40 bits per heavy atom. The van der Waals surface area contributed by atoms with Crippen molar-refractivity contribution < 1.29 is 22.7 Å². The Hall–Kier alpha value is -0.750. The van der Waals surface area contributed by atoms with Crippen LogP contribution < -0.4 is 4.74 Å². The maximum atomic E-state index is 12.2. The molecule has 1 aliphatic carbocycles. The Labute approximate surface area is 127 Å². The first kappa shape index (κ1) is 15.6. The molecule has 0 saturated heterocycles. The van der Waals surface area contributed by atoms with E-state index in [1.807, 2.05) is 13.8 Å². The van der Waals surface area contributed by atoms with Crippen LogP contribution in [0.15, 0.2) is 22.7 Å². The third kappa shape index (κ3) is 2.96. The monoisotopic (exact) mass is 370 g/mol. The molecule has 0 unspecified atom stereocenters. The lowest BCUT2D eigenvalue weighted by molar-refractivity contribution is -0.274. The molecule has 1 aromatic carbocycles. The number of rotatable bonds is 3. The largest absolute Gasteiger partial charge is 0.573 e. The predicted octanol–water partition coefficient (Wildman–Crippen LogP) is 4.85. The normalized spacial score (nSPS) is 24.4. The van der Waals surface area contributed by atoms with Crippen molar-refractivity contribution in [2.75, 3.05) is 0 Å². The SMILES string of the molecule is CC1(C)[C@H](C(=O)Cl)[C@H]1c1ccc(OC(F)(F)F)c(Br)c1. The number of alkyl halides is 3. The molecular weight excluding hydrogens is 360 g/mol. The number of carbonyl (C=O) groups is 1. The van der Waals surface area contributed by atoms with Crippen molar-refractivity contribution in [1.82, 2.24) is 0 Å². The summed E-state index contributed by atoms with van der Waals surface area (Å²) in [7, 11) is 0. The second kappa shape index (κ2) is 4.91. The van der Waals surface area contributed by atoms with E-state index in [-0.39, 0.29) is 27.5 Å². The summed E-state index contributed by atoms with van der Waals surface area (Å²) in [5, 5.41) is -0.424. The van der Waals surface area contributed by atoms with Crippen LogP contribution in [0, 0.1) is 11.3 Å². The number of carbonyl (C=O) groups excluding carboxylic acids is 1. The quantitative estimate of drug-likeness (QED) is 0.710. The maximum Gasteiger partial charge on any atom is 0.573 e. The summed E-state index contributed by atoms with van der Waals surface area (Å²) >= 11 is 8.59. The van der Waals surface area contributed by atoms with Crippen molar-refractivity contribution in [3.05, 3.63) is 28.2 Å². The zero-order valence-electron chi connectivity index (χ0n) is 10.6. The van der Waals surface area contributed by atoms with Gasteiger partial charge in [0, 0.05) is 11.8 Å². The molecule has 2 atom stereocenters. The Morgan fingerprint density at radius 2 is 2.00 bits per heavy atom. The van der Waals surface area contributed by atoms with Crippen LogP contribution >= 0.6 is 27.5 Å². The topological polar surface area (TPSA) is 26.3 Å². The van der Waals surface area contributed by atoms with Gasteiger partial charge in [-0.25, -0.2) is 0 Å². The Balaban J connectivity index is 2.25. The summed E-state index contributed by atoms with van der Waals surface area (Å²) in [5.41, 5.74) is 0.473. The number of benzene rings is 1. The van der Waals surface area contributed by atoms with Crippen molar-refractivity contribution >= 4 is 32.8 Å². The molecule has 2 rings (SSSR count). The molecule has 110 valence electrons. The standard InChI is InChI=1S/C13H11BrClF3O2/c1-12(2)9(10(12)11(15)19)6-3-4-8(7(14)5-6)20-13(16,17)18/h3-5,9-10H,1-2H3/t9-,10+/m1/s1. The highest BCUT2D eigenvalue weighted by Crippen LogP contribution is 2.65. The van der Waals surface area contributed by atoms with E-state index < -0.39 is 11.6 Å². The van der Waals surface area contributed by atoms with Gasteiger partial charge in [0.05, 0.1) is 4.47 Å². The van der Waals surface area contributed by atoms with Crippen LogP contribution in [0.4, 0.5) is 13.2 Å². The smallest absolute Gasteiger partial charge is 0.405 e. The van der Waals surface area contributed by atoms with Crippen molar-refractivity contribution in [2.45, 2.75) is 26.1 Å². The van der Waals surface area contributed by atoms with Gasteiger partial charge in [0.15, 0.2) is 0 Å². The molecule has 0 heterocycles. The molecule has 1 fully saturated rings.